The second-order valence-electron chi connectivity index (χ2n) is 5.56. The molecule has 0 atom stereocenters. The smallest absolute Gasteiger partial charge is 1.00 e. The predicted octanol–water partition coefficient (Wildman–Crippen LogP) is 5.70. The molecule has 0 aromatic heterocycles. The first kappa shape index (κ1) is 19.8. The van der Waals surface area contributed by atoms with Gasteiger partial charge in [0.25, 0.3) is 0 Å². The molecule has 0 amide bonds. The summed E-state index contributed by atoms with van der Waals surface area (Å²) < 4.78 is 0. The Hall–Kier alpha value is -0.214. The van der Waals surface area contributed by atoms with E-state index in [-0.39, 0.29) is 25.9 Å². The molecule has 20 heavy (non-hydrogen) atoms. The molecule has 0 bridgehead atoms. The van der Waals surface area contributed by atoms with Crippen molar-refractivity contribution in [3.05, 3.63) is 29.8 Å². The van der Waals surface area contributed by atoms with E-state index in [1.165, 1.54) is 64.2 Å². The van der Waals surface area contributed by atoms with Crippen molar-refractivity contribution in [2.24, 2.45) is 0 Å². The molecule has 0 radical (unpaired) electrons. The van der Waals surface area contributed by atoms with Crippen LogP contribution in [0.25, 0.3) is 0 Å². The quantitative estimate of drug-likeness (QED) is 0.409. The molecule has 1 aromatic carbocycles. The number of unbranched alkanes of at least 4 members (excludes halogenated alkanes) is 9. The normalized spacial score (nSPS) is 10.2. The van der Waals surface area contributed by atoms with E-state index in [0.717, 1.165) is 12.0 Å². The third-order valence-corrected chi connectivity index (χ3v) is 3.79. The summed E-state index contributed by atoms with van der Waals surface area (Å²) in [6, 6.07) is 7.71. The van der Waals surface area contributed by atoms with E-state index >= 15 is 0 Å². The van der Waals surface area contributed by atoms with Crippen LogP contribution in [0.15, 0.2) is 24.3 Å². The van der Waals surface area contributed by atoms with Gasteiger partial charge in [-0.05, 0) is 24.5 Å². The van der Waals surface area contributed by atoms with Crippen LogP contribution in [0.1, 0.15) is 79.5 Å². The van der Waals surface area contributed by atoms with Gasteiger partial charge in [-0.15, -0.1) is 0 Å². The Morgan fingerprint density at radius 2 is 1.30 bits per heavy atom. The molecule has 112 valence electrons. The molecule has 0 saturated heterocycles. The average Bonchev–Trinajstić information content (AvgIpc) is 2.43. The van der Waals surface area contributed by atoms with Crippen LogP contribution in [0, 0.1) is 0 Å². The molecule has 0 spiro atoms. The molecule has 0 aliphatic heterocycles. The number of phenolic OH excluding ortho intramolecular Hbond substituents is 1. The Labute approximate surface area is 144 Å². The Morgan fingerprint density at radius 1 is 0.800 bits per heavy atom. The molecular formula is C18H32MgO. The largest absolute Gasteiger partial charge is 2.00 e. The number of aromatic hydroxyl groups is 1. The standard InChI is InChI=1S/C18H30O.Mg.2H/c1-2-3-4-5-6-7-8-9-10-11-14-17-15-12-13-16-18(17)19;;;/h12-13,15-16,19H,2-11,14H2,1H3;;;/q;+2;2*-1. The van der Waals surface area contributed by atoms with E-state index in [9.17, 15) is 5.11 Å². The SMILES string of the molecule is CCCCCCCCCCCCc1ccccc1O.[H-].[H-].[Mg+2]. The molecule has 1 nitrogen and oxygen atoms in total. The Morgan fingerprint density at radius 3 is 1.85 bits per heavy atom. The van der Waals surface area contributed by atoms with Gasteiger partial charge in [0, 0.05) is 0 Å². The van der Waals surface area contributed by atoms with Gasteiger partial charge in [0.2, 0.25) is 0 Å². The van der Waals surface area contributed by atoms with Crippen molar-refractivity contribution >= 4 is 23.1 Å². The molecule has 0 saturated carbocycles. The molecule has 0 unspecified atom stereocenters. The first-order chi connectivity index (χ1) is 9.34. The van der Waals surface area contributed by atoms with E-state index in [1.807, 2.05) is 18.2 Å². The number of hydrogen-bond donors (Lipinski definition) is 1. The van der Waals surface area contributed by atoms with E-state index in [2.05, 4.69) is 6.92 Å². The van der Waals surface area contributed by atoms with Crippen LogP contribution in [-0.4, -0.2) is 28.2 Å². The summed E-state index contributed by atoms with van der Waals surface area (Å²) in [5.74, 6) is 0.457. The van der Waals surface area contributed by atoms with E-state index in [0.29, 0.717) is 5.75 Å². The number of benzene rings is 1. The summed E-state index contributed by atoms with van der Waals surface area (Å²) in [5, 5.41) is 9.65. The zero-order valence-corrected chi connectivity index (χ0v) is 14.7. The van der Waals surface area contributed by atoms with Gasteiger partial charge in [-0.1, -0.05) is 82.9 Å². The molecule has 0 heterocycles. The molecule has 0 fully saturated rings. The molecule has 1 N–H and O–H groups in total. The number of aryl methyl sites for hydroxylation is 1. The van der Waals surface area contributed by atoms with Gasteiger partial charge in [0.1, 0.15) is 5.75 Å². The van der Waals surface area contributed by atoms with Gasteiger partial charge < -0.3 is 7.96 Å². The second-order valence-corrected chi connectivity index (χ2v) is 5.56. The maximum atomic E-state index is 9.65. The van der Waals surface area contributed by atoms with Crippen LogP contribution in [0.5, 0.6) is 5.75 Å². The van der Waals surface area contributed by atoms with Gasteiger partial charge in [-0.3, -0.25) is 0 Å². The summed E-state index contributed by atoms with van der Waals surface area (Å²) in [6.45, 7) is 2.27. The molecule has 1 rings (SSSR count). The van der Waals surface area contributed by atoms with Crippen LogP contribution in [0.3, 0.4) is 0 Å². The van der Waals surface area contributed by atoms with Crippen molar-refractivity contribution in [2.75, 3.05) is 0 Å². The molecular weight excluding hydrogens is 257 g/mol. The minimum atomic E-state index is 0. The first-order valence-corrected chi connectivity index (χ1v) is 8.11. The fraction of sp³-hybridized carbons (Fsp3) is 0.667. The summed E-state index contributed by atoms with van der Waals surface area (Å²) in [6.07, 6.45) is 14.6. The third kappa shape index (κ3) is 9.65. The maximum Gasteiger partial charge on any atom is 2.00 e. The number of phenols is 1. The molecule has 2 heteroatoms. The summed E-state index contributed by atoms with van der Waals surface area (Å²) in [7, 11) is 0. The van der Waals surface area contributed by atoms with E-state index in [1.54, 1.807) is 6.07 Å². The fourth-order valence-corrected chi connectivity index (χ4v) is 2.53. The van der Waals surface area contributed by atoms with Crippen molar-refractivity contribution in [1.82, 2.24) is 0 Å². The fourth-order valence-electron chi connectivity index (χ4n) is 2.53. The van der Waals surface area contributed by atoms with Gasteiger partial charge in [0.05, 0.1) is 0 Å². The van der Waals surface area contributed by atoms with Gasteiger partial charge in [0.15, 0.2) is 0 Å². The van der Waals surface area contributed by atoms with Crippen molar-refractivity contribution in [1.29, 1.82) is 0 Å². The average molecular weight is 289 g/mol. The molecule has 1 aromatic rings. The second kappa shape index (κ2) is 13.8. The van der Waals surface area contributed by atoms with Crippen LogP contribution in [0.2, 0.25) is 0 Å². The minimum absolute atomic E-state index is 0. The number of rotatable bonds is 11. The topological polar surface area (TPSA) is 20.2 Å². The summed E-state index contributed by atoms with van der Waals surface area (Å²) >= 11 is 0. The molecule has 0 aliphatic carbocycles. The number of hydrogen-bond acceptors (Lipinski definition) is 1. The van der Waals surface area contributed by atoms with Crippen molar-refractivity contribution in [3.8, 4) is 5.75 Å². The van der Waals surface area contributed by atoms with Crippen molar-refractivity contribution in [2.45, 2.75) is 77.6 Å². The van der Waals surface area contributed by atoms with Gasteiger partial charge in [-0.25, -0.2) is 0 Å². The maximum absolute atomic E-state index is 9.65. The first-order valence-electron chi connectivity index (χ1n) is 8.11. The Bertz CT molecular complexity index is 335. The van der Waals surface area contributed by atoms with E-state index < -0.39 is 0 Å². The monoisotopic (exact) mass is 288 g/mol. The van der Waals surface area contributed by atoms with Gasteiger partial charge >= 0.3 is 23.1 Å². The van der Waals surface area contributed by atoms with Crippen LogP contribution >= 0.6 is 0 Å². The summed E-state index contributed by atoms with van der Waals surface area (Å²) in [4.78, 5) is 0. The molecule has 0 aliphatic rings. The minimum Gasteiger partial charge on any atom is -1.00 e. The Kier molecular flexibility index (Phi) is 13.6. The van der Waals surface area contributed by atoms with Gasteiger partial charge in [-0.2, -0.15) is 0 Å². The van der Waals surface area contributed by atoms with Crippen LogP contribution in [0.4, 0.5) is 0 Å². The van der Waals surface area contributed by atoms with E-state index in [4.69, 9.17) is 0 Å². The predicted molar refractivity (Wildman–Crippen MR) is 91.6 cm³/mol. The van der Waals surface area contributed by atoms with Crippen molar-refractivity contribution < 1.29 is 7.96 Å². The summed E-state index contributed by atoms with van der Waals surface area (Å²) in [5.41, 5.74) is 1.10. The Balaban J connectivity index is -0.00000120. The van der Waals surface area contributed by atoms with Crippen LogP contribution < -0.4 is 0 Å². The van der Waals surface area contributed by atoms with Crippen LogP contribution in [-0.2, 0) is 6.42 Å². The third-order valence-electron chi connectivity index (χ3n) is 3.79. The zero-order valence-electron chi connectivity index (χ0n) is 15.2. The number of para-hydroxylation sites is 1. The van der Waals surface area contributed by atoms with Crippen molar-refractivity contribution in [3.63, 3.8) is 0 Å². The zero-order chi connectivity index (χ0) is 13.8.